The van der Waals surface area contributed by atoms with Crippen LogP contribution >= 0.6 is 11.3 Å². The Bertz CT molecular complexity index is 809. The molecule has 2 rings (SSSR count). The minimum absolute atomic E-state index is 0.0863. The molecule has 1 atom stereocenters. The first-order chi connectivity index (χ1) is 12.9. The Morgan fingerprint density at radius 2 is 2.15 bits per heavy atom. The van der Waals surface area contributed by atoms with Crippen molar-refractivity contribution in [1.82, 2.24) is 5.32 Å². The number of nitrogens with one attached hydrogen (secondary N) is 2. The third-order valence-electron chi connectivity index (χ3n) is 3.54. The van der Waals surface area contributed by atoms with Crippen molar-refractivity contribution in [3.8, 4) is 0 Å². The SMILES string of the molecule is C[C@@H](NC(=O)COC(=O)c1cc([N+](=O)[O-])ccc1NCCO)c1cccs1. The van der Waals surface area contributed by atoms with E-state index in [9.17, 15) is 19.7 Å². The van der Waals surface area contributed by atoms with Gasteiger partial charge in [-0.2, -0.15) is 0 Å². The predicted molar refractivity (Wildman–Crippen MR) is 99.8 cm³/mol. The number of rotatable bonds is 9. The summed E-state index contributed by atoms with van der Waals surface area (Å²) in [6, 6.07) is 7.16. The number of anilines is 1. The number of aliphatic hydroxyl groups is 1. The van der Waals surface area contributed by atoms with E-state index in [2.05, 4.69) is 10.6 Å². The molecule has 1 heterocycles. The molecule has 0 radical (unpaired) electrons. The molecule has 0 aliphatic carbocycles. The van der Waals surface area contributed by atoms with Crippen molar-refractivity contribution in [3.63, 3.8) is 0 Å². The summed E-state index contributed by atoms with van der Waals surface area (Å²) in [5.74, 6) is -1.36. The molecule has 0 saturated heterocycles. The maximum atomic E-state index is 12.3. The van der Waals surface area contributed by atoms with Gasteiger partial charge in [0.1, 0.15) is 0 Å². The van der Waals surface area contributed by atoms with Crippen molar-refractivity contribution >= 4 is 34.6 Å². The fourth-order valence-electron chi connectivity index (χ4n) is 2.26. The average molecular weight is 393 g/mol. The number of nitrogens with zero attached hydrogens (tertiary/aromatic N) is 1. The molecule has 0 fully saturated rings. The first-order valence-corrected chi connectivity index (χ1v) is 8.93. The molecule has 1 aromatic heterocycles. The maximum Gasteiger partial charge on any atom is 0.341 e. The topological polar surface area (TPSA) is 131 Å². The monoisotopic (exact) mass is 393 g/mol. The Morgan fingerprint density at radius 1 is 1.37 bits per heavy atom. The number of ether oxygens (including phenoxy) is 1. The zero-order valence-electron chi connectivity index (χ0n) is 14.5. The van der Waals surface area contributed by atoms with Crippen LogP contribution in [-0.4, -0.2) is 41.7 Å². The van der Waals surface area contributed by atoms with E-state index in [-0.39, 0.29) is 36.1 Å². The first-order valence-electron chi connectivity index (χ1n) is 8.05. The second-order valence-electron chi connectivity index (χ2n) is 5.52. The highest BCUT2D eigenvalue weighted by Gasteiger charge is 2.19. The molecule has 0 spiro atoms. The Kier molecular flexibility index (Phi) is 7.26. The zero-order chi connectivity index (χ0) is 19.8. The zero-order valence-corrected chi connectivity index (χ0v) is 15.3. The molecular weight excluding hydrogens is 374 g/mol. The van der Waals surface area contributed by atoms with Gasteiger partial charge in [0.2, 0.25) is 0 Å². The lowest BCUT2D eigenvalue weighted by Crippen LogP contribution is -2.30. The van der Waals surface area contributed by atoms with Crippen molar-refractivity contribution in [1.29, 1.82) is 0 Å². The standard InChI is InChI=1S/C17H19N3O6S/c1-11(15-3-2-8-27-15)19-16(22)10-26-17(23)13-9-12(20(24)25)4-5-14(13)18-6-7-21/h2-5,8-9,11,18,21H,6-7,10H2,1H3,(H,19,22)/t11-/m1/s1. The third kappa shape index (κ3) is 5.76. The molecule has 1 aromatic carbocycles. The fourth-order valence-corrected chi connectivity index (χ4v) is 2.99. The highest BCUT2D eigenvalue weighted by molar-refractivity contribution is 7.10. The quantitative estimate of drug-likeness (QED) is 0.338. The molecule has 9 nitrogen and oxygen atoms in total. The molecule has 144 valence electrons. The number of thiophene rings is 1. The largest absolute Gasteiger partial charge is 0.452 e. The number of carbonyl (C=O) groups excluding carboxylic acids is 2. The van der Waals surface area contributed by atoms with Crippen LogP contribution in [0.3, 0.4) is 0 Å². The third-order valence-corrected chi connectivity index (χ3v) is 4.60. The smallest absolute Gasteiger partial charge is 0.341 e. The summed E-state index contributed by atoms with van der Waals surface area (Å²) in [5, 5.41) is 27.2. The van der Waals surface area contributed by atoms with Gasteiger partial charge in [-0.1, -0.05) is 6.07 Å². The van der Waals surface area contributed by atoms with Crippen LogP contribution in [0, 0.1) is 10.1 Å². The molecule has 0 saturated carbocycles. The highest BCUT2D eigenvalue weighted by atomic mass is 32.1. The predicted octanol–water partition coefficient (Wildman–Crippen LogP) is 2.09. The first kappa shape index (κ1) is 20.3. The van der Waals surface area contributed by atoms with Crippen molar-refractivity contribution in [2.24, 2.45) is 0 Å². The molecule has 3 N–H and O–H groups in total. The Morgan fingerprint density at radius 3 is 2.78 bits per heavy atom. The van der Waals surface area contributed by atoms with Crippen LogP contribution in [0.2, 0.25) is 0 Å². The molecule has 27 heavy (non-hydrogen) atoms. The number of carbonyl (C=O) groups is 2. The molecule has 10 heteroatoms. The number of amides is 1. The van der Waals surface area contributed by atoms with Crippen LogP contribution in [-0.2, 0) is 9.53 Å². The summed E-state index contributed by atoms with van der Waals surface area (Å²) in [7, 11) is 0. The van der Waals surface area contributed by atoms with E-state index in [1.807, 2.05) is 24.4 Å². The summed E-state index contributed by atoms with van der Waals surface area (Å²) >= 11 is 1.49. The number of non-ortho nitro benzene ring substituents is 1. The molecular formula is C17H19N3O6S. The van der Waals surface area contributed by atoms with E-state index in [1.54, 1.807) is 0 Å². The van der Waals surface area contributed by atoms with E-state index in [0.717, 1.165) is 10.9 Å². The Hall–Kier alpha value is -2.98. The van der Waals surface area contributed by atoms with Gasteiger partial charge in [0.25, 0.3) is 11.6 Å². The number of aliphatic hydroxyl groups excluding tert-OH is 1. The molecule has 0 aliphatic heterocycles. The molecule has 1 amide bonds. The number of hydrogen-bond donors (Lipinski definition) is 3. The van der Waals surface area contributed by atoms with E-state index in [1.165, 1.54) is 23.5 Å². The summed E-state index contributed by atoms with van der Waals surface area (Å²) < 4.78 is 4.99. The minimum atomic E-state index is -0.877. The summed E-state index contributed by atoms with van der Waals surface area (Å²) in [6.45, 7) is 1.26. The van der Waals surface area contributed by atoms with Crippen LogP contribution < -0.4 is 10.6 Å². The van der Waals surface area contributed by atoms with Gasteiger partial charge in [0, 0.05) is 29.2 Å². The van der Waals surface area contributed by atoms with Gasteiger partial charge in [-0.05, 0) is 24.4 Å². The average Bonchev–Trinajstić information content (AvgIpc) is 3.19. The minimum Gasteiger partial charge on any atom is -0.452 e. The molecule has 2 aromatic rings. The summed E-state index contributed by atoms with van der Waals surface area (Å²) in [6.07, 6.45) is 0. The van der Waals surface area contributed by atoms with Gasteiger partial charge in [0.05, 0.1) is 23.1 Å². The van der Waals surface area contributed by atoms with Gasteiger partial charge >= 0.3 is 5.97 Å². The number of benzene rings is 1. The second-order valence-corrected chi connectivity index (χ2v) is 6.50. The highest BCUT2D eigenvalue weighted by Crippen LogP contribution is 2.23. The van der Waals surface area contributed by atoms with Gasteiger partial charge in [-0.25, -0.2) is 4.79 Å². The lowest BCUT2D eigenvalue weighted by molar-refractivity contribution is -0.384. The van der Waals surface area contributed by atoms with Crippen LogP contribution in [0.25, 0.3) is 0 Å². The maximum absolute atomic E-state index is 12.3. The van der Waals surface area contributed by atoms with Crippen LogP contribution in [0.1, 0.15) is 28.2 Å². The number of esters is 1. The van der Waals surface area contributed by atoms with Crippen molar-refractivity contribution in [3.05, 3.63) is 56.3 Å². The van der Waals surface area contributed by atoms with Gasteiger partial charge in [-0.3, -0.25) is 14.9 Å². The molecule has 0 unspecified atom stereocenters. The lowest BCUT2D eigenvalue weighted by Gasteiger charge is -2.13. The van der Waals surface area contributed by atoms with Crippen LogP contribution in [0.15, 0.2) is 35.7 Å². The van der Waals surface area contributed by atoms with Crippen molar-refractivity contribution in [2.75, 3.05) is 25.1 Å². The molecule has 0 bridgehead atoms. The number of hydrogen-bond acceptors (Lipinski definition) is 8. The Labute approximate surface area is 159 Å². The van der Waals surface area contributed by atoms with E-state index >= 15 is 0 Å². The van der Waals surface area contributed by atoms with Gasteiger partial charge in [-0.15, -0.1) is 11.3 Å². The fraction of sp³-hybridized carbons (Fsp3) is 0.294. The van der Waals surface area contributed by atoms with Crippen LogP contribution in [0.4, 0.5) is 11.4 Å². The lowest BCUT2D eigenvalue weighted by atomic mass is 10.1. The number of nitro groups is 1. The Balaban J connectivity index is 2.02. The van der Waals surface area contributed by atoms with Crippen molar-refractivity contribution < 1.29 is 24.4 Å². The number of nitro benzene ring substituents is 1. The van der Waals surface area contributed by atoms with Crippen LogP contribution in [0.5, 0.6) is 0 Å². The second kappa shape index (κ2) is 9.64. The van der Waals surface area contributed by atoms with E-state index in [0.29, 0.717) is 0 Å². The molecule has 0 aliphatic rings. The van der Waals surface area contributed by atoms with E-state index in [4.69, 9.17) is 9.84 Å². The van der Waals surface area contributed by atoms with E-state index < -0.39 is 23.4 Å². The summed E-state index contributed by atoms with van der Waals surface area (Å²) in [5.41, 5.74) is -0.101. The van der Waals surface area contributed by atoms with Crippen molar-refractivity contribution in [2.45, 2.75) is 13.0 Å². The normalized spacial score (nSPS) is 11.5. The summed E-state index contributed by atoms with van der Waals surface area (Å²) in [4.78, 5) is 35.5. The van der Waals surface area contributed by atoms with Gasteiger partial charge in [0.15, 0.2) is 6.61 Å². The van der Waals surface area contributed by atoms with Gasteiger partial charge < -0.3 is 20.5 Å².